The number of benzene rings is 13. The molecule has 20 heterocycles. The lowest BCUT2D eigenvalue weighted by Crippen LogP contribution is -1.91. The Morgan fingerprint density at radius 1 is 0.149 bits per heavy atom. The molecule has 13 aromatic carbocycles. The predicted octanol–water partition coefficient (Wildman–Crippen LogP) is 28.7. The zero-order valence-corrected chi connectivity index (χ0v) is 71.4. The highest BCUT2D eigenvalue weighted by atomic mass is 15.1. The second kappa shape index (κ2) is 27.5. The molecule has 0 radical (unpaired) electrons. The van der Waals surface area contributed by atoms with Crippen LogP contribution < -0.4 is 0 Å². The minimum Gasteiger partial charge on any atom is -0.307 e. The van der Waals surface area contributed by atoms with Crippen LogP contribution in [0.15, 0.2) is 413 Å². The molecular formula is C118H68N16. The smallest absolute Gasteiger partial charge is 0.149 e. The molecule has 33 aromatic rings. The largest absolute Gasteiger partial charge is 0.307 e. The van der Waals surface area contributed by atoms with Gasteiger partial charge in [-0.2, -0.15) is 0 Å². The van der Waals surface area contributed by atoms with Crippen molar-refractivity contribution in [2.75, 3.05) is 0 Å². The Morgan fingerprint density at radius 3 is 0.858 bits per heavy atom. The van der Waals surface area contributed by atoms with E-state index in [9.17, 15) is 0 Å². The van der Waals surface area contributed by atoms with E-state index in [0.717, 1.165) is 204 Å². The molecule has 0 N–H and O–H groups in total. The summed E-state index contributed by atoms with van der Waals surface area (Å²) in [6.45, 7) is 0. The zero-order chi connectivity index (χ0) is 87.2. The van der Waals surface area contributed by atoms with Crippen LogP contribution in [0.2, 0.25) is 0 Å². The van der Waals surface area contributed by atoms with E-state index < -0.39 is 0 Å². The van der Waals surface area contributed by atoms with Gasteiger partial charge in [0.1, 0.15) is 45.2 Å². The topological polar surface area (TPSA) is 138 Å². The summed E-state index contributed by atoms with van der Waals surface area (Å²) in [5.74, 6) is 0. The number of hydrogen-bond acceptors (Lipinski definition) is 8. The summed E-state index contributed by atoms with van der Waals surface area (Å²) < 4.78 is 18.2. The van der Waals surface area contributed by atoms with Crippen molar-refractivity contribution in [3.05, 3.63) is 413 Å². The maximum atomic E-state index is 5.31. The van der Waals surface area contributed by atoms with Crippen LogP contribution >= 0.6 is 0 Å². The lowest BCUT2D eigenvalue weighted by Gasteiger charge is -2.04. The van der Waals surface area contributed by atoms with Crippen molar-refractivity contribution in [2.45, 2.75) is 0 Å². The SMILES string of the molecule is c1cc2cc(c1)c1cccc(c1)n1c3ccccc3c3ncc4c5ccccc5n(c5cccc2c5)c4c31.c1ccc2c(c1)c1cc3c4ccccc4n4c5cccc(n5)c5cccc(c5)n2c1nc34.c1ccc2c(c1)c1cc3c4ccccc4n4c5cccc(n5)c5cccc(c5)n2c1nc34.c1ccc2c(c1)c1nc3c4ccccc4n4c5cccc(n5)c5cccc(n5)n2c1cc34. The van der Waals surface area contributed by atoms with E-state index in [1.54, 1.807) is 0 Å². The van der Waals surface area contributed by atoms with E-state index in [1.165, 1.54) is 70.3 Å². The van der Waals surface area contributed by atoms with Crippen LogP contribution in [0, 0.1) is 0 Å². The van der Waals surface area contributed by atoms with Gasteiger partial charge in [0, 0.05) is 109 Å². The van der Waals surface area contributed by atoms with Gasteiger partial charge in [0.05, 0.1) is 105 Å². The molecule has 0 aliphatic carbocycles. The highest BCUT2D eigenvalue weighted by molar-refractivity contribution is 6.24. The lowest BCUT2D eigenvalue weighted by atomic mass is 10.1. The van der Waals surface area contributed by atoms with E-state index in [4.69, 9.17) is 39.9 Å². The average molecular weight is 1710 g/mol. The van der Waals surface area contributed by atoms with E-state index in [0.29, 0.717) is 0 Å². The monoisotopic (exact) mass is 1710 g/mol. The van der Waals surface area contributed by atoms with Gasteiger partial charge in [-0.1, -0.05) is 237 Å². The second-order valence-corrected chi connectivity index (χ2v) is 35.0. The van der Waals surface area contributed by atoms with Crippen LogP contribution in [-0.4, -0.2) is 75.1 Å². The van der Waals surface area contributed by atoms with E-state index in [1.807, 2.05) is 24.3 Å². The molecule has 0 unspecified atom stereocenters. The third kappa shape index (κ3) is 10.3. The molecule has 620 valence electrons. The minimum atomic E-state index is 0.853. The molecule has 0 spiro atoms. The summed E-state index contributed by atoms with van der Waals surface area (Å²) in [5.41, 5.74) is 31.9. The standard InChI is InChI=1S/C35H21N3.2C28H16N4.C27H15N5/c1-3-16-31-28(14-1)30-21-36-33-29-15-2-4-17-32(29)38-27-13-7-11-25(20-27)23-9-5-8-22(18-23)24-10-6-12-26(19-24)37(31)34(30)35(33)38;2*1-3-12-24-19(9-1)21-16-22-20-10-2-4-13-25(20)32-26-14-6-11-23(29-26)17-7-5-8-18(15-17)31(24)27(21)30-28(22)32;1-3-11-20-16(7-1)26-22-15-23-27(30-26)17-8-2-4-12-21(17)32(23)25-14-6-10-19(29-25)18-9-5-13-24(28-18)31(20)22/h1-21H;2*1-16H;1-15H. The van der Waals surface area contributed by atoms with Gasteiger partial charge in [0.2, 0.25) is 0 Å². The predicted molar refractivity (Wildman–Crippen MR) is 552 cm³/mol. The first-order chi connectivity index (χ1) is 66.4. The van der Waals surface area contributed by atoms with Crippen molar-refractivity contribution in [1.82, 2.24) is 75.1 Å². The molecule has 0 amide bonds. The van der Waals surface area contributed by atoms with E-state index in [2.05, 4.69) is 424 Å². The molecule has 0 saturated carbocycles. The van der Waals surface area contributed by atoms with Gasteiger partial charge in [0.25, 0.3) is 0 Å². The first kappa shape index (κ1) is 72.5. The quantitative estimate of drug-likeness (QED) is 0.146. The van der Waals surface area contributed by atoms with Gasteiger partial charge in [-0.3, -0.25) is 31.4 Å². The van der Waals surface area contributed by atoms with Gasteiger partial charge < -0.3 is 8.80 Å². The summed E-state index contributed by atoms with van der Waals surface area (Å²) in [4.78, 5) is 41.1. The minimum absolute atomic E-state index is 0.853. The first-order valence-corrected chi connectivity index (χ1v) is 45.2. The van der Waals surface area contributed by atoms with Crippen LogP contribution in [0.3, 0.4) is 0 Å². The van der Waals surface area contributed by atoms with Gasteiger partial charge >= 0.3 is 0 Å². The van der Waals surface area contributed by atoms with Crippen LogP contribution in [-0.2, 0) is 0 Å². The van der Waals surface area contributed by atoms with Gasteiger partial charge in [-0.25, -0.2) is 34.9 Å². The first-order valence-electron chi connectivity index (χ1n) is 45.2. The fourth-order valence-electron chi connectivity index (χ4n) is 22.0. The highest BCUT2D eigenvalue weighted by Gasteiger charge is 2.25. The fraction of sp³-hybridized carbons (Fsp3) is 0. The van der Waals surface area contributed by atoms with Crippen LogP contribution in [0.1, 0.15) is 0 Å². The molecule has 0 aliphatic rings. The zero-order valence-electron chi connectivity index (χ0n) is 71.4. The summed E-state index contributed by atoms with van der Waals surface area (Å²) >= 11 is 0. The maximum absolute atomic E-state index is 5.31. The van der Waals surface area contributed by atoms with Crippen LogP contribution in [0.25, 0.3) is 274 Å². The Balaban J connectivity index is 0.0000000855. The second-order valence-electron chi connectivity index (χ2n) is 35.0. The Hall–Kier alpha value is -18.5. The van der Waals surface area contributed by atoms with Gasteiger partial charge in [-0.05, 0) is 191 Å². The summed E-state index contributed by atoms with van der Waals surface area (Å²) in [6, 6.07) is 144. The number of fused-ring (bicyclic) bond motifs is 55. The molecule has 0 atom stereocenters. The molecule has 0 aliphatic heterocycles. The van der Waals surface area contributed by atoms with Gasteiger partial charge in [-0.15, -0.1) is 0 Å². The Labute approximate surface area is 757 Å². The number of nitrogens with zero attached hydrogens (tertiary/aromatic N) is 16. The normalized spacial score (nSPS) is 12.3. The number of aromatic nitrogens is 16. The van der Waals surface area contributed by atoms with Crippen molar-refractivity contribution in [3.8, 4) is 0 Å². The van der Waals surface area contributed by atoms with Crippen LogP contribution in [0.5, 0.6) is 0 Å². The molecule has 33 rings (SSSR count). The third-order valence-electron chi connectivity index (χ3n) is 27.8. The van der Waals surface area contributed by atoms with Crippen molar-refractivity contribution < 1.29 is 0 Å². The fourth-order valence-corrected chi connectivity index (χ4v) is 22.0. The number of hydrogen-bond donors (Lipinski definition) is 0. The number of pyridine rings is 8. The molecule has 20 aromatic heterocycles. The number of para-hydroxylation sites is 8. The molecule has 134 heavy (non-hydrogen) atoms. The number of rotatable bonds is 0. The average Bonchev–Trinajstić information content (AvgIpc) is 1.62. The van der Waals surface area contributed by atoms with Crippen molar-refractivity contribution >= 4 is 274 Å². The summed E-state index contributed by atoms with van der Waals surface area (Å²) in [7, 11) is 0. The Bertz CT molecular complexity index is 9760. The van der Waals surface area contributed by atoms with Gasteiger partial charge in [0.15, 0.2) is 0 Å². The lowest BCUT2D eigenvalue weighted by molar-refractivity contribution is 1.20. The molecular weight excluding hydrogens is 1640 g/mol. The third-order valence-corrected chi connectivity index (χ3v) is 27.8. The molecule has 0 fully saturated rings. The van der Waals surface area contributed by atoms with Crippen molar-refractivity contribution in [1.29, 1.82) is 0 Å². The summed E-state index contributed by atoms with van der Waals surface area (Å²) in [6.07, 6.45) is 2.06. The maximum Gasteiger partial charge on any atom is 0.149 e. The molecule has 24 bridgehead atoms. The molecule has 0 saturated heterocycles. The molecule has 16 heteroatoms. The summed E-state index contributed by atoms with van der Waals surface area (Å²) in [5, 5.41) is 22.3. The highest BCUT2D eigenvalue weighted by Crippen LogP contribution is 2.44. The van der Waals surface area contributed by atoms with Crippen molar-refractivity contribution in [3.63, 3.8) is 0 Å². The van der Waals surface area contributed by atoms with Crippen molar-refractivity contribution in [2.24, 2.45) is 0 Å². The van der Waals surface area contributed by atoms with Crippen LogP contribution in [0.4, 0.5) is 0 Å². The molecule has 16 nitrogen and oxygen atoms in total. The Kier molecular flexibility index (Phi) is 14.9. The Morgan fingerprint density at radius 2 is 0.433 bits per heavy atom. The van der Waals surface area contributed by atoms with E-state index >= 15 is 0 Å². The van der Waals surface area contributed by atoms with E-state index in [-0.39, 0.29) is 0 Å².